The predicted octanol–water partition coefficient (Wildman–Crippen LogP) is 4.46. The zero-order valence-electron chi connectivity index (χ0n) is 13.1. The highest BCUT2D eigenvalue weighted by Crippen LogP contribution is 2.46. The second kappa shape index (κ2) is 4.96. The lowest BCUT2D eigenvalue weighted by Crippen LogP contribution is -2.41. The molecule has 0 spiro atoms. The third-order valence-corrected chi connectivity index (χ3v) is 6.06. The second-order valence-corrected chi connectivity index (χ2v) is 7.18. The summed E-state index contributed by atoms with van der Waals surface area (Å²) in [6.07, 6.45) is 6.54. The minimum absolute atomic E-state index is 0.597. The molecular formula is C21H23N. The van der Waals surface area contributed by atoms with Crippen LogP contribution in [0.5, 0.6) is 0 Å². The fourth-order valence-electron chi connectivity index (χ4n) is 5.08. The van der Waals surface area contributed by atoms with Gasteiger partial charge in [0.1, 0.15) is 0 Å². The third kappa shape index (κ3) is 1.82. The highest BCUT2D eigenvalue weighted by molar-refractivity contribution is 5.51. The summed E-state index contributed by atoms with van der Waals surface area (Å²) < 4.78 is 0. The molecule has 1 heteroatoms. The molecule has 0 radical (unpaired) electrons. The third-order valence-electron chi connectivity index (χ3n) is 6.06. The predicted molar refractivity (Wildman–Crippen MR) is 90.3 cm³/mol. The van der Waals surface area contributed by atoms with E-state index in [0.717, 1.165) is 0 Å². The van der Waals surface area contributed by atoms with Crippen LogP contribution in [-0.4, -0.2) is 18.0 Å². The van der Waals surface area contributed by atoms with E-state index in [4.69, 9.17) is 0 Å². The zero-order valence-corrected chi connectivity index (χ0v) is 13.1. The van der Waals surface area contributed by atoms with Crippen molar-refractivity contribution >= 4 is 0 Å². The number of piperidine rings is 1. The van der Waals surface area contributed by atoms with E-state index in [1.165, 1.54) is 45.2 Å². The molecule has 2 aromatic carbocycles. The van der Waals surface area contributed by atoms with Crippen molar-refractivity contribution in [1.82, 2.24) is 4.90 Å². The summed E-state index contributed by atoms with van der Waals surface area (Å²) >= 11 is 0. The van der Waals surface area contributed by atoms with Gasteiger partial charge in [0, 0.05) is 18.5 Å². The maximum Gasteiger partial charge on any atom is 0.0351 e. The molecule has 112 valence electrons. The van der Waals surface area contributed by atoms with Crippen molar-refractivity contribution in [2.45, 2.75) is 44.1 Å². The van der Waals surface area contributed by atoms with Gasteiger partial charge in [0.2, 0.25) is 0 Å². The first kappa shape index (κ1) is 12.9. The number of rotatable bonds is 0. The molecule has 0 amide bonds. The average Bonchev–Trinajstić information content (AvgIpc) is 2.74. The highest BCUT2D eigenvalue weighted by atomic mass is 15.2. The summed E-state index contributed by atoms with van der Waals surface area (Å²) in [6, 6.07) is 17.0. The van der Waals surface area contributed by atoms with Crippen LogP contribution in [0.2, 0.25) is 0 Å². The Morgan fingerprint density at radius 3 is 2.64 bits per heavy atom. The standard InChI is InChI=1S/C21H23N/c1-2-8-17-15(6-1)11-12-16-7-5-9-18-20-10-3-4-13-22(20)14-19(17)21(16)18/h1-2,5-9,19-20H,3-4,10-14H2/t19-,20-/m1/s1. The van der Waals surface area contributed by atoms with Crippen LogP contribution in [0.4, 0.5) is 0 Å². The van der Waals surface area contributed by atoms with Gasteiger partial charge >= 0.3 is 0 Å². The summed E-state index contributed by atoms with van der Waals surface area (Å²) in [5, 5.41) is 0. The first-order valence-electron chi connectivity index (χ1n) is 8.85. The Morgan fingerprint density at radius 1 is 0.818 bits per heavy atom. The SMILES string of the molecule is c1ccc2c(c1)CCc1cccc3c1[C@@H]2CN1CCCC[C@H]31. The van der Waals surface area contributed by atoms with Gasteiger partial charge < -0.3 is 0 Å². The quantitative estimate of drug-likeness (QED) is 0.692. The summed E-state index contributed by atoms with van der Waals surface area (Å²) in [7, 11) is 0. The number of aryl methyl sites for hydroxylation is 2. The van der Waals surface area contributed by atoms with Crippen LogP contribution in [-0.2, 0) is 12.8 Å². The number of hydrogen-bond donors (Lipinski definition) is 0. The van der Waals surface area contributed by atoms with Gasteiger partial charge in [0.05, 0.1) is 0 Å². The van der Waals surface area contributed by atoms with Crippen LogP contribution in [0.15, 0.2) is 42.5 Å². The van der Waals surface area contributed by atoms with Crippen molar-refractivity contribution in [3.63, 3.8) is 0 Å². The summed E-state index contributed by atoms with van der Waals surface area (Å²) in [5.41, 5.74) is 8.12. The summed E-state index contributed by atoms with van der Waals surface area (Å²) in [4.78, 5) is 2.77. The molecule has 0 saturated carbocycles. The van der Waals surface area contributed by atoms with Crippen molar-refractivity contribution in [2.75, 3.05) is 13.1 Å². The molecule has 5 rings (SSSR count). The van der Waals surface area contributed by atoms with Gasteiger partial charge in [0.25, 0.3) is 0 Å². The van der Waals surface area contributed by atoms with Crippen LogP contribution in [0.25, 0.3) is 0 Å². The van der Waals surface area contributed by atoms with Crippen LogP contribution < -0.4 is 0 Å². The fraction of sp³-hybridized carbons (Fsp3) is 0.429. The first-order chi connectivity index (χ1) is 10.9. The van der Waals surface area contributed by atoms with Crippen molar-refractivity contribution < 1.29 is 0 Å². The van der Waals surface area contributed by atoms with E-state index in [9.17, 15) is 0 Å². The maximum atomic E-state index is 2.77. The molecule has 1 fully saturated rings. The first-order valence-corrected chi connectivity index (χ1v) is 8.85. The highest BCUT2D eigenvalue weighted by Gasteiger charge is 2.37. The van der Waals surface area contributed by atoms with E-state index < -0.39 is 0 Å². The largest absolute Gasteiger partial charge is 0.295 e. The molecule has 1 saturated heterocycles. The van der Waals surface area contributed by atoms with Crippen molar-refractivity contribution in [3.05, 3.63) is 70.3 Å². The average molecular weight is 289 g/mol. The lowest BCUT2D eigenvalue weighted by atomic mass is 9.77. The van der Waals surface area contributed by atoms with Gasteiger partial charge in [-0.05, 0) is 60.0 Å². The van der Waals surface area contributed by atoms with E-state index in [2.05, 4.69) is 47.4 Å². The van der Waals surface area contributed by atoms with Gasteiger partial charge in [-0.3, -0.25) is 4.90 Å². The van der Waals surface area contributed by atoms with E-state index in [0.29, 0.717) is 12.0 Å². The van der Waals surface area contributed by atoms with E-state index in [-0.39, 0.29) is 0 Å². The lowest BCUT2D eigenvalue weighted by Gasteiger charge is -2.44. The fourth-order valence-corrected chi connectivity index (χ4v) is 5.08. The van der Waals surface area contributed by atoms with Crippen LogP contribution in [0.3, 0.4) is 0 Å². The molecule has 22 heavy (non-hydrogen) atoms. The Bertz CT molecular complexity index is 718. The van der Waals surface area contributed by atoms with E-state index in [1.807, 2.05) is 0 Å². The molecule has 0 aromatic heterocycles. The lowest BCUT2D eigenvalue weighted by molar-refractivity contribution is 0.130. The molecular weight excluding hydrogens is 266 g/mol. The Morgan fingerprint density at radius 2 is 1.64 bits per heavy atom. The maximum absolute atomic E-state index is 2.77. The van der Waals surface area contributed by atoms with Gasteiger partial charge in [-0.25, -0.2) is 0 Å². The number of fused-ring (bicyclic) bond motifs is 4. The minimum atomic E-state index is 0.597. The number of nitrogens with zero attached hydrogens (tertiary/aromatic N) is 1. The summed E-state index contributed by atoms with van der Waals surface area (Å²) in [5.74, 6) is 0.597. The molecule has 1 nitrogen and oxygen atoms in total. The monoisotopic (exact) mass is 289 g/mol. The Kier molecular flexibility index (Phi) is 2.91. The molecule has 3 aliphatic rings. The number of hydrogen-bond acceptors (Lipinski definition) is 1. The smallest absolute Gasteiger partial charge is 0.0351 e. The van der Waals surface area contributed by atoms with Crippen molar-refractivity contribution in [3.8, 4) is 0 Å². The Balaban J connectivity index is 1.74. The van der Waals surface area contributed by atoms with E-state index in [1.54, 1.807) is 27.8 Å². The van der Waals surface area contributed by atoms with Gasteiger partial charge in [0.15, 0.2) is 0 Å². The molecule has 2 heterocycles. The molecule has 2 aromatic rings. The zero-order chi connectivity index (χ0) is 14.5. The minimum Gasteiger partial charge on any atom is -0.295 e. The van der Waals surface area contributed by atoms with Crippen molar-refractivity contribution in [1.29, 1.82) is 0 Å². The van der Waals surface area contributed by atoms with E-state index >= 15 is 0 Å². The summed E-state index contributed by atoms with van der Waals surface area (Å²) in [6.45, 7) is 2.51. The molecule has 0 bridgehead atoms. The molecule has 1 aliphatic carbocycles. The van der Waals surface area contributed by atoms with Crippen LogP contribution in [0, 0.1) is 0 Å². The van der Waals surface area contributed by atoms with Crippen LogP contribution in [0.1, 0.15) is 59.0 Å². The second-order valence-electron chi connectivity index (χ2n) is 7.18. The van der Waals surface area contributed by atoms with Gasteiger partial charge in [-0.15, -0.1) is 0 Å². The number of benzene rings is 2. The van der Waals surface area contributed by atoms with Gasteiger partial charge in [-0.1, -0.05) is 48.9 Å². The molecule has 2 atom stereocenters. The molecule has 0 unspecified atom stereocenters. The molecule has 0 N–H and O–H groups in total. The van der Waals surface area contributed by atoms with Crippen LogP contribution >= 0.6 is 0 Å². The Hall–Kier alpha value is -1.60. The normalized spacial score (nSPS) is 26.5. The topological polar surface area (TPSA) is 3.24 Å². The van der Waals surface area contributed by atoms with Gasteiger partial charge in [-0.2, -0.15) is 0 Å². The molecule has 2 aliphatic heterocycles. The van der Waals surface area contributed by atoms with Crippen molar-refractivity contribution in [2.24, 2.45) is 0 Å². The Labute approximate surface area is 133 Å².